The largest absolute Gasteiger partial charge is 0.496 e. The molecule has 4 aromatic rings. The van der Waals surface area contributed by atoms with Crippen molar-refractivity contribution in [2.24, 2.45) is 5.73 Å². The van der Waals surface area contributed by atoms with Gasteiger partial charge in [0.25, 0.3) is 0 Å². The van der Waals surface area contributed by atoms with E-state index in [4.69, 9.17) is 22.1 Å². The van der Waals surface area contributed by atoms with E-state index in [1.807, 2.05) is 0 Å². The van der Waals surface area contributed by atoms with Crippen LogP contribution in [0.25, 0.3) is 10.9 Å². The topological polar surface area (TPSA) is 104 Å². The molecule has 0 spiro atoms. The summed E-state index contributed by atoms with van der Waals surface area (Å²) < 4.78 is 47.9. The summed E-state index contributed by atoms with van der Waals surface area (Å²) in [5.41, 5.74) is 6.54. The van der Waals surface area contributed by atoms with Crippen LogP contribution in [0.5, 0.6) is 5.75 Å². The third-order valence-corrected chi connectivity index (χ3v) is 8.26. The van der Waals surface area contributed by atoms with Gasteiger partial charge in [0.05, 0.1) is 29.1 Å². The van der Waals surface area contributed by atoms with Gasteiger partial charge in [-0.1, -0.05) is 23.7 Å². The van der Waals surface area contributed by atoms with E-state index < -0.39 is 27.3 Å². The number of primary amides is 1. The average Bonchev–Trinajstić information content (AvgIpc) is 3.33. The van der Waals surface area contributed by atoms with Crippen LogP contribution in [-0.2, 0) is 22.1 Å². The third kappa shape index (κ3) is 4.21. The second kappa shape index (κ2) is 8.53. The van der Waals surface area contributed by atoms with Gasteiger partial charge in [0.1, 0.15) is 27.0 Å². The van der Waals surface area contributed by atoms with Gasteiger partial charge >= 0.3 is 0 Å². The molecule has 2 N–H and O–H groups in total. The number of halogens is 2. The van der Waals surface area contributed by atoms with Crippen LogP contribution in [0.3, 0.4) is 0 Å². The lowest BCUT2D eigenvalue weighted by molar-refractivity contribution is 0.1000. The molecule has 2 heterocycles. The SMILES string of the molecule is COc1ccc(F)c2c1c(CS(=O)(=O)c1ccc(Cl)s1)nn2Cc1cccc(C(N)=O)c1. The van der Waals surface area contributed by atoms with Crippen molar-refractivity contribution in [2.75, 3.05) is 7.11 Å². The number of benzene rings is 2. The maximum absolute atomic E-state index is 14.9. The Morgan fingerprint density at radius 3 is 2.69 bits per heavy atom. The zero-order valence-corrected chi connectivity index (χ0v) is 19.1. The summed E-state index contributed by atoms with van der Waals surface area (Å²) in [5.74, 6) is -1.34. The monoisotopic (exact) mass is 493 g/mol. The number of methoxy groups -OCH3 is 1. The smallest absolute Gasteiger partial charge is 0.248 e. The normalized spacial score (nSPS) is 11.7. The first-order chi connectivity index (χ1) is 15.2. The molecule has 2 aromatic heterocycles. The van der Waals surface area contributed by atoms with Crippen LogP contribution in [0.4, 0.5) is 4.39 Å². The van der Waals surface area contributed by atoms with Crippen molar-refractivity contribution in [1.29, 1.82) is 0 Å². The summed E-state index contributed by atoms with van der Waals surface area (Å²) in [6.45, 7) is 0.0899. The quantitative estimate of drug-likeness (QED) is 0.418. The molecule has 0 fully saturated rings. The number of nitrogens with zero attached hydrogens (tertiary/aromatic N) is 2. The fraction of sp³-hybridized carbons (Fsp3) is 0.143. The van der Waals surface area contributed by atoms with Gasteiger partial charge in [0.15, 0.2) is 9.84 Å². The Kier molecular flexibility index (Phi) is 5.93. The van der Waals surface area contributed by atoms with Crippen molar-refractivity contribution in [3.05, 3.63) is 75.5 Å². The standard InChI is InChI=1S/C21H17ClFN3O4S2/c1-30-16-6-5-14(23)20-19(16)15(11-32(28,29)18-8-7-17(22)31-18)25-26(20)10-12-3-2-4-13(9-12)21(24)27/h2-9H,10-11H2,1H3,(H2,24,27). The van der Waals surface area contributed by atoms with Gasteiger partial charge in [0.2, 0.25) is 5.91 Å². The van der Waals surface area contributed by atoms with Crippen LogP contribution >= 0.6 is 22.9 Å². The van der Waals surface area contributed by atoms with Gasteiger partial charge in [-0.15, -0.1) is 11.3 Å². The van der Waals surface area contributed by atoms with Gasteiger partial charge in [-0.2, -0.15) is 5.10 Å². The summed E-state index contributed by atoms with van der Waals surface area (Å²) >= 11 is 6.83. The molecule has 11 heteroatoms. The first kappa shape index (κ1) is 22.3. The van der Waals surface area contributed by atoms with Gasteiger partial charge < -0.3 is 10.5 Å². The fourth-order valence-corrected chi connectivity index (χ4v) is 6.27. The fourth-order valence-electron chi connectivity index (χ4n) is 3.42. The van der Waals surface area contributed by atoms with E-state index in [-0.39, 0.29) is 27.4 Å². The lowest BCUT2D eigenvalue weighted by atomic mass is 10.1. The molecule has 0 aliphatic rings. The van der Waals surface area contributed by atoms with E-state index in [0.29, 0.717) is 21.2 Å². The Morgan fingerprint density at radius 1 is 1.25 bits per heavy atom. The lowest BCUT2D eigenvalue weighted by Crippen LogP contribution is -2.12. The van der Waals surface area contributed by atoms with Crippen LogP contribution in [0.1, 0.15) is 21.6 Å². The average molecular weight is 494 g/mol. The number of hydrogen-bond donors (Lipinski definition) is 1. The maximum Gasteiger partial charge on any atom is 0.248 e. The Balaban J connectivity index is 1.84. The Hall–Kier alpha value is -2.95. The molecule has 7 nitrogen and oxygen atoms in total. The van der Waals surface area contributed by atoms with Crippen LogP contribution in [0.2, 0.25) is 4.34 Å². The van der Waals surface area contributed by atoms with Crippen molar-refractivity contribution in [2.45, 2.75) is 16.5 Å². The summed E-state index contributed by atoms with van der Waals surface area (Å²) in [5, 5.41) is 4.69. The number of hydrogen-bond acceptors (Lipinski definition) is 6. The second-order valence-corrected chi connectivity index (χ2v) is 10.9. The van der Waals surface area contributed by atoms with Gasteiger partial charge in [0, 0.05) is 5.56 Å². The molecule has 32 heavy (non-hydrogen) atoms. The zero-order valence-electron chi connectivity index (χ0n) is 16.7. The summed E-state index contributed by atoms with van der Waals surface area (Å²) in [6, 6.07) is 12.1. The maximum atomic E-state index is 14.9. The highest BCUT2D eigenvalue weighted by Crippen LogP contribution is 2.34. The summed E-state index contributed by atoms with van der Waals surface area (Å²) in [6.07, 6.45) is 0. The predicted octanol–water partition coefficient (Wildman–Crippen LogP) is 4.02. The molecule has 0 aliphatic heterocycles. The minimum Gasteiger partial charge on any atom is -0.496 e. The van der Waals surface area contributed by atoms with Crippen LogP contribution in [-0.4, -0.2) is 31.2 Å². The van der Waals surface area contributed by atoms with Crippen molar-refractivity contribution in [3.8, 4) is 5.75 Å². The number of amides is 1. The minimum absolute atomic E-state index is 0.0899. The molecule has 166 valence electrons. The lowest BCUT2D eigenvalue weighted by Gasteiger charge is -2.07. The highest BCUT2D eigenvalue weighted by molar-refractivity contribution is 7.92. The van der Waals surface area contributed by atoms with Crippen LogP contribution < -0.4 is 10.5 Å². The number of fused-ring (bicyclic) bond motifs is 1. The second-order valence-electron chi connectivity index (χ2n) is 6.96. The van der Waals surface area contributed by atoms with E-state index in [1.54, 1.807) is 24.3 Å². The first-order valence-electron chi connectivity index (χ1n) is 9.28. The van der Waals surface area contributed by atoms with Crippen molar-refractivity contribution >= 4 is 49.6 Å². The molecule has 0 aliphatic carbocycles. The molecule has 0 radical (unpaired) electrons. The van der Waals surface area contributed by atoms with Gasteiger partial charge in [-0.3, -0.25) is 9.48 Å². The Labute approximate surface area is 192 Å². The molecule has 1 amide bonds. The van der Waals surface area contributed by atoms with E-state index in [0.717, 1.165) is 11.3 Å². The van der Waals surface area contributed by atoms with Gasteiger partial charge in [-0.25, -0.2) is 12.8 Å². The summed E-state index contributed by atoms with van der Waals surface area (Å²) in [7, 11) is -2.37. The van der Waals surface area contributed by atoms with E-state index >= 15 is 0 Å². The highest BCUT2D eigenvalue weighted by atomic mass is 35.5. The van der Waals surface area contributed by atoms with E-state index in [9.17, 15) is 17.6 Å². The summed E-state index contributed by atoms with van der Waals surface area (Å²) in [4.78, 5) is 11.5. The number of thiophene rings is 1. The van der Waals surface area contributed by atoms with Crippen molar-refractivity contribution < 1.29 is 22.3 Å². The number of carbonyl (C=O) groups is 1. The number of nitrogens with two attached hydrogens (primary N) is 1. The van der Waals surface area contributed by atoms with E-state index in [2.05, 4.69) is 5.10 Å². The first-order valence-corrected chi connectivity index (χ1v) is 12.1. The number of rotatable bonds is 7. The van der Waals surface area contributed by atoms with Gasteiger partial charge in [-0.05, 0) is 42.0 Å². The Morgan fingerprint density at radius 2 is 2.03 bits per heavy atom. The molecule has 0 atom stereocenters. The molecule has 0 bridgehead atoms. The van der Waals surface area contributed by atoms with E-state index in [1.165, 1.54) is 36.1 Å². The number of sulfone groups is 1. The number of ether oxygens (including phenoxy) is 1. The molecule has 0 saturated heterocycles. The Bertz CT molecular complexity index is 1450. The molecular formula is C21H17ClFN3O4S2. The molecule has 2 aromatic carbocycles. The highest BCUT2D eigenvalue weighted by Gasteiger charge is 2.25. The zero-order chi connectivity index (χ0) is 23.0. The molecular weight excluding hydrogens is 477 g/mol. The van der Waals surface area contributed by atoms with Crippen LogP contribution in [0.15, 0.2) is 52.7 Å². The minimum atomic E-state index is -3.78. The molecule has 4 rings (SSSR count). The van der Waals surface area contributed by atoms with Crippen molar-refractivity contribution in [1.82, 2.24) is 9.78 Å². The molecule has 0 unspecified atom stereocenters. The molecule has 0 saturated carbocycles. The third-order valence-electron chi connectivity index (χ3n) is 4.82. The van der Waals surface area contributed by atoms with Crippen LogP contribution in [0, 0.1) is 5.82 Å². The number of carbonyl (C=O) groups excluding carboxylic acids is 1. The van der Waals surface area contributed by atoms with Crippen molar-refractivity contribution in [3.63, 3.8) is 0 Å². The number of aromatic nitrogens is 2. The predicted molar refractivity (Wildman–Crippen MR) is 121 cm³/mol.